The number of carbonyl (C=O) groups excluding carboxylic acids is 1. The summed E-state index contributed by atoms with van der Waals surface area (Å²) in [6.07, 6.45) is 1.89. The maximum atomic E-state index is 11.5. The smallest absolute Gasteiger partial charge is 0.419 e. The molecule has 0 saturated heterocycles. The number of hydrogen-bond acceptors (Lipinski definition) is 5. The van der Waals surface area contributed by atoms with Crippen LogP contribution in [0, 0.1) is 10.1 Å². The molecule has 7 nitrogen and oxygen atoms in total. The lowest BCUT2D eigenvalue weighted by molar-refractivity contribution is -0.497. The van der Waals surface area contributed by atoms with Gasteiger partial charge in [0.05, 0.1) is 0 Å². The molecule has 0 aliphatic carbocycles. The third-order valence-electron chi connectivity index (χ3n) is 1.53. The highest BCUT2D eigenvalue weighted by atomic mass is 16.6. The van der Waals surface area contributed by atoms with E-state index in [1.165, 1.54) is 12.5 Å². The van der Waals surface area contributed by atoms with Crippen LogP contribution < -0.4 is 0 Å². The number of aromatic nitrogens is 2. The van der Waals surface area contributed by atoms with Crippen molar-refractivity contribution in [3.63, 3.8) is 0 Å². The Morgan fingerprint density at radius 3 is 2.75 bits per heavy atom. The summed E-state index contributed by atoms with van der Waals surface area (Å²) in [4.78, 5) is 24.9. The van der Waals surface area contributed by atoms with Gasteiger partial charge in [-0.15, -0.1) is 0 Å². The molecule has 0 radical (unpaired) electrons. The first-order valence-corrected chi connectivity index (χ1v) is 4.66. The van der Waals surface area contributed by atoms with Gasteiger partial charge in [0.25, 0.3) is 0 Å². The van der Waals surface area contributed by atoms with E-state index in [4.69, 9.17) is 4.74 Å². The third kappa shape index (κ3) is 3.68. The average molecular weight is 227 g/mol. The van der Waals surface area contributed by atoms with E-state index in [0.29, 0.717) is 0 Å². The summed E-state index contributed by atoms with van der Waals surface area (Å²) in [5.41, 5.74) is -0.388. The van der Waals surface area contributed by atoms with Crippen LogP contribution in [0.3, 0.4) is 0 Å². The number of ether oxygens (including phenoxy) is 1. The number of rotatable bonds is 2. The van der Waals surface area contributed by atoms with Crippen molar-refractivity contribution in [3.8, 4) is 0 Å². The minimum Gasteiger partial charge on any atom is -0.443 e. The Kier molecular flexibility index (Phi) is 3.26. The Hall–Kier alpha value is -1.92. The third-order valence-corrected chi connectivity index (χ3v) is 1.53. The van der Waals surface area contributed by atoms with Crippen molar-refractivity contribution >= 4 is 6.09 Å². The zero-order valence-corrected chi connectivity index (χ0v) is 9.34. The van der Waals surface area contributed by atoms with Gasteiger partial charge in [-0.25, -0.2) is 14.3 Å². The Morgan fingerprint density at radius 1 is 1.62 bits per heavy atom. The van der Waals surface area contributed by atoms with Gasteiger partial charge in [-0.05, 0) is 20.8 Å². The van der Waals surface area contributed by atoms with E-state index in [1.54, 1.807) is 20.8 Å². The molecule has 0 N–H and O–H groups in total. The van der Waals surface area contributed by atoms with Crippen LogP contribution in [-0.4, -0.2) is 26.2 Å². The normalized spacial score (nSPS) is 11.2. The van der Waals surface area contributed by atoms with Crippen molar-refractivity contribution in [2.45, 2.75) is 32.9 Å². The molecule has 1 heterocycles. The molecule has 0 aliphatic rings. The monoisotopic (exact) mass is 227 g/mol. The molecule has 0 spiro atoms. The number of nitro groups is 1. The zero-order chi connectivity index (χ0) is 12.3. The van der Waals surface area contributed by atoms with E-state index >= 15 is 0 Å². The topological polar surface area (TPSA) is 87.3 Å². The van der Waals surface area contributed by atoms with Gasteiger partial charge >= 0.3 is 6.09 Å². The van der Waals surface area contributed by atoms with Crippen LogP contribution in [0.15, 0.2) is 12.5 Å². The number of carbonyl (C=O) groups is 1. The Bertz CT molecular complexity index is 405. The summed E-state index contributed by atoms with van der Waals surface area (Å²) < 4.78 is 6.14. The molecule has 0 atom stereocenters. The summed E-state index contributed by atoms with van der Waals surface area (Å²) >= 11 is 0. The average Bonchev–Trinajstić information content (AvgIpc) is 2.48. The second-order valence-electron chi connectivity index (χ2n) is 4.24. The van der Waals surface area contributed by atoms with Gasteiger partial charge in [-0.3, -0.25) is 10.1 Å². The van der Waals surface area contributed by atoms with Crippen molar-refractivity contribution < 1.29 is 14.5 Å². The fraction of sp³-hybridized carbons (Fsp3) is 0.556. The van der Waals surface area contributed by atoms with E-state index in [9.17, 15) is 14.9 Å². The summed E-state index contributed by atoms with van der Waals surface area (Å²) in [5.74, 6) is 0. The van der Waals surface area contributed by atoms with Crippen molar-refractivity contribution in [1.82, 2.24) is 9.55 Å². The second kappa shape index (κ2) is 4.30. The highest BCUT2D eigenvalue weighted by molar-refractivity contribution is 5.70. The molecule has 0 unspecified atom stereocenters. The first-order chi connectivity index (χ1) is 7.28. The van der Waals surface area contributed by atoms with Gasteiger partial charge in [-0.2, -0.15) is 0 Å². The fourth-order valence-corrected chi connectivity index (χ4v) is 0.992. The van der Waals surface area contributed by atoms with Gasteiger partial charge in [0.2, 0.25) is 6.54 Å². The van der Waals surface area contributed by atoms with Crippen LogP contribution in [0.5, 0.6) is 0 Å². The fourth-order valence-electron chi connectivity index (χ4n) is 0.992. The standard InChI is InChI=1S/C9H13N3O4/c1-9(2,3)16-8(13)11-4-7(10-6-11)5-12(14)15/h4,6H,5H2,1-3H3. The van der Waals surface area contributed by atoms with Gasteiger partial charge < -0.3 is 4.74 Å². The molecule has 88 valence electrons. The first-order valence-electron chi connectivity index (χ1n) is 4.66. The van der Waals surface area contributed by atoms with Crippen molar-refractivity contribution in [3.05, 3.63) is 28.3 Å². The van der Waals surface area contributed by atoms with Crippen LogP contribution in [0.2, 0.25) is 0 Å². The Balaban J connectivity index is 2.71. The van der Waals surface area contributed by atoms with Crippen molar-refractivity contribution in [2.75, 3.05) is 0 Å². The van der Waals surface area contributed by atoms with E-state index in [2.05, 4.69) is 4.98 Å². The highest BCUT2D eigenvalue weighted by Gasteiger charge is 2.18. The highest BCUT2D eigenvalue weighted by Crippen LogP contribution is 2.09. The van der Waals surface area contributed by atoms with Crippen LogP contribution in [0.4, 0.5) is 4.79 Å². The lowest BCUT2D eigenvalue weighted by Gasteiger charge is -2.18. The van der Waals surface area contributed by atoms with Crippen LogP contribution in [0.25, 0.3) is 0 Å². The van der Waals surface area contributed by atoms with Gasteiger partial charge in [0.1, 0.15) is 17.6 Å². The quantitative estimate of drug-likeness (QED) is 0.563. The zero-order valence-electron chi connectivity index (χ0n) is 9.34. The summed E-state index contributed by atoms with van der Waals surface area (Å²) in [6, 6.07) is 0. The van der Waals surface area contributed by atoms with Gasteiger partial charge in [0, 0.05) is 11.1 Å². The molecule has 1 aromatic rings. The van der Waals surface area contributed by atoms with E-state index in [1.807, 2.05) is 0 Å². The predicted molar refractivity (Wildman–Crippen MR) is 54.6 cm³/mol. The maximum absolute atomic E-state index is 11.5. The molecule has 0 bridgehead atoms. The summed E-state index contributed by atoms with van der Waals surface area (Å²) in [5, 5.41) is 10.2. The summed E-state index contributed by atoms with van der Waals surface area (Å²) in [6.45, 7) is 4.80. The molecule has 7 heteroatoms. The van der Waals surface area contributed by atoms with Crippen LogP contribution >= 0.6 is 0 Å². The second-order valence-corrected chi connectivity index (χ2v) is 4.24. The minimum atomic E-state index is -0.607. The van der Waals surface area contributed by atoms with E-state index in [-0.39, 0.29) is 5.69 Å². The number of nitrogens with zero attached hydrogens (tertiary/aromatic N) is 3. The van der Waals surface area contributed by atoms with E-state index in [0.717, 1.165) is 4.57 Å². The Morgan fingerprint density at radius 2 is 2.25 bits per heavy atom. The largest absolute Gasteiger partial charge is 0.443 e. The number of hydrogen-bond donors (Lipinski definition) is 0. The summed E-state index contributed by atoms with van der Waals surface area (Å²) in [7, 11) is 0. The SMILES string of the molecule is CC(C)(C)OC(=O)n1cnc(C[N+](=O)[O-])c1. The van der Waals surface area contributed by atoms with Crippen molar-refractivity contribution in [1.29, 1.82) is 0 Å². The first kappa shape index (κ1) is 12.2. The van der Waals surface area contributed by atoms with Crippen LogP contribution in [-0.2, 0) is 11.3 Å². The van der Waals surface area contributed by atoms with Crippen LogP contribution in [0.1, 0.15) is 26.5 Å². The molecule has 0 amide bonds. The minimum absolute atomic E-state index is 0.218. The van der Waals surface area contributed by atoms with E-state index < -0.39 is 23.2 Å². The molecule has 16 heavy (non-hydrogen) atoms. The maximum Gasteiger partial charge on any atom is 0.419 e. The lowest BCUT2D eigenvalue weighted by Crippen LogP contribution is -2.26. The molecule has 0 saturated carbocycles. The Labute approximate surface area is 92.2 Å². The molecule has 0 aliphatic heterocycles. The van der Waals surface area contributed by atoms with Crippen molar-refractivity contribution in [2.24, 2.45) is 0 Å². The van der Waals surface area contributed by atoms with Gasteiger partial charge in [-0.1, -0.05) is 0 Å². The molecule has 0 aromatic carbocycles. The molecule has 0 fully saturated rings. The number of imidazole rings is 1. The molecular formula is C9H13N3O4. The molecule has 1 aromatic heterocycles. The lowest BCUT2D eigenvalue weighted by atomic mass is 10.2. The van der Waals surface area contributed by atoms with Gasteiger partial charge in [0.15, 0.2) is 0 Å². The molecular weight excluding hydrogens is 214 g/mol. The molecule has 1 rings (SSSR count). The predicted octanol–water partition coefficient (Wildman–Crippen LogP) is 1.44.